The summed E-state index contributed by atoms with van der Waals surface area (Å²) in [5, 5.41) is 8.82. The van der Waals surface area contributed by atoms with E-state index < -0.39 is 11.2 Å². The van der Waals surface area contributed by atoms with Crippen molar-refractivity contribution in [3.8, 4) is 0 Å². The predicted octanol–water partition coefficient (Wildman–Crippen LogP) is 2.76. The van der Waals surface area contributed by atoms with E-state index in [4.69, 9.17) is 0 Å². The van der Waals surface area contributed by atoms with Crippen molar-refractivity contribution in [1.29, 1.82) is 0 Å². The number of carboxylic acids is 1. The molecule has 3 rings (SSSR count). The molecule has 7 heteroatoms. The number of rotatable bonds is 5. The second-order valence-electron chi connectivity index (χ2n) is 5.66. The van der Waals surface area contributed by atoms with Gasteiger partial charge in [0.25, 0.3) is 0 Å². The molecule has 0 radical (unpaired) electrons. The van der Waals surface area contributed by atoms with Crippen molar-refractivity contribution in [2.75, 3.05) is 0 Å². The fourth-order valence-electron chi connectivity index (χ4n) is 2.78. The predicted molar refractivity (Wildman–Crippen MR) is 92.2 cm³/mol. The number of carboxylic acid groups (broad SMARTS) is 1. The van der Waals surface area contributed by atoms with Crippen molar-refractivity contribution in [3.63, 3.8) is 0 Å². The van der Waals surface area contributed by atoms with Crippen LogP contribution in [0.2, 0.25) is 0 Å². The number of pyridine rings is 1. The third kappa shape index (κ3) is 3.41. The summed E-state index contributed by atoms with van der Waals surface area (Å²) in [5.41, 5.74) is 0.904. The SMILES string of the molecule is C[C@@H](c1ccccc1)N1C(=O)C[C@@H](Sc2ncccc2C(=O)O)C1=O. The van der Waals surface area contributed by atoms with Gasteiger partial charge in [0.15, 0.2) is 0 Å². The Hall–Kier alpha value is -2.67. The summed E-state index contributed by atoms with van der Waals surface area (Å²) >= 11 is 1.03. The first-order valence-electron chi connectivity index (χ1n) is 7.75. The summed E-state index contributed by atoms with van der Waals surface area (Å²) < 4.78 is 0. The molecule has 0 saturated carbocycles. The zero-order chi connectivity index (χ0) is 18.0. The Balaban J connectivity index is 1.81. The number of carbonyl (C=O) groups excluding carboxylic acids is 2. The lowest BCUT2D eigenvalue weighted by atomic mass is 10.1. The summed E-state index contributed by atoms with van der Waals surface area (Å²) in [6.45, 7) is 1.81. The summed E-state index contributed by atoms with van der Waals surface area (Å²) in [6, 6.07) is 11.9. The Morgan fingerprint density at radius 2 is 1.96 bits per heavy atom. The number of amides is 2. The normalized spacial score (nSPS) is 18.4. The molecule has 0 aliphatic carbocycles. The molecule has 6 nitrogen and oxygen atoms in total. The van der Waals surface area contributed by atoms with Crippen LogP contribution in [0.4, 0.5) is 0 Å². The molecular formula is C18H16N2O4S. The number of likely N-dealkylation sites (tertiary alicyclic amines) is 1. The molecule has 2 atom stereocenters. The monoisotopic (exact) mass is 356 g/mol. The van der Waals surface area contributed by atoms with Crippen LogP contribution in [0.5, 0.6) is 0 Å². The lowest BCUT2D eigenvalue weighted by molar-refractivity contribution is -0.140. The van der Waals surface area contributed by atoms with Crippen molar-refractivity contribution in [3.05, 3.63) is 59.8 Å². The summed E-state index contributed by atoms with van der Waals surface area (Å²) in [7, 11) is 0. The maximum Gasteiger partial charge on any atom is 0.338 e. The highest BCUT2D eigenvalue weighted by Crippen LogP contribution is 2.35. The van der Waals surface area contributed by atoms with E-state index in [1.807, 2.05) is 37.3 Å². The first-order valence-corrected chi connectivity index (χ1v) is 8.63. The van der Waals surface area contributed by atoms with Gasteiger partial charge in [-0.25, -0.2) is 9.78 Å². The number of aromatic nitrogens is 1. The molecule has 25 heavy (non-hydrogen) atoms. The van der Waals surface area contributed by atoms with E-state index >= 15 is 0 Å². The second kappa shape index (κ2) is 7.06. The molecule has 1 saturated heterocycles. The van der Waals surface area contributed by atoms with Gasteiger partial charge in [-0.3, -0.25) is 14.5 Å². The minimum absolute atomic E-state index is 0.0299. The highest BCUT2D eigenvalue weighted by Gasteiger charge is 2.42. The fourth-order valence-corrected chi connectivity index (χ4v) is 3.90. The third-order valence-corrected chi connectivity index (χ3v) is 5.27. The zero-order valence-electron chi connectivity index (χ0n) is 13.5. The van der Waals surface area contributed by atoms with E-state index in [9.17, 15) is 19.5 Å². The number of hydrogen-bond donors (Lipinski definition) is 1. The van der Waals surface area contributed by atoms with Gasteiger partial charge in [0.05, 0.1) is 16.9 Å². The second-order valence-corrected chi connectivity index (χ2v) is 6.85. The first kappa shape index (κ1) is 17.2. The first-order chi connectivity index (χ1) is 12.0. The number of aromatic carboxylic acids is 1. The largest absolute Gasteiger partial charge is 0.478 e. The standard InChI is InChI=1S/C18H16N2O4S/c1-11(12-6-3-2-4-7-12)20-15(21)10-14(17(20)22)25-16-13(18(23)24)8-5-9-19-16/h2-9,11,14H,10H2,1H3,(H,23,24)/t11-,14+/m0/s1. The van der Waals surface area contributed by atoms with Gasteiger partial charge >= 0.3 is 5.97 Å². The van der Waals surface area contributed by atoms with Gasteiger partial charge in [-0.05, 0) is 24.6 Å². The molecule has 0 spiro atoms. The average molecular weight is 356 g/mol. The maximum absolute atomic E-state index is 12.7. The average Bonchev–Trinajstić information content (AvgIpc) is 2.89. The number of carbonyl (C=O) groups is 3. The Morgan fingerprint density at radius 3 is 2.64 bits per heavy atom. The van der Waals surface area contributed by atoms with E-state index in [0.29, 0.717) is 0 Å². The van der Waals surface area contributed by atoms with Gasteiger partial charge in [-0.1, -0.05) is 42.1 Å². The topological polar surface area (TPSA) is 87.6 Å². The van der Waals surface area contributed by atoms with E-state index in [0.717, 1.165) is 17.3 Å². The minimum Gasteiger partial charge on any atom is -0.478 e. The Bertz CT molecular complexity index is 825. The number of hydrogen-bond acceptors (Lipinski definition) is 5. The molecular weight excluding hydrogens is 340 g/mol. The molecule has 0 bridgehead atoms. The summed E-state index contributed by atoms with van der Waals surface area (Å²) in [6.07, 6.45) is 1.51. The smallest absolute Gasteiger partial charge is 0.338 e. The van der Waals surface area contributed by atoms with E-state index in [1.165, 1.54) is 23.2 Å². The van der Waals surface area contributed by atoms with Crippen molar-refractivity contribution in [1.82, 2.24) is 9.88 Å². The molecule has 2 aromatic rings. The Kier molecular flexibility index (Phi) is 4.85. The minimum atomic E-state index is -1.11. The summed E-state index contributed by atoms with van der Waals surface area (Å²) in [5.74, 6) is -1.68. The third-order valence-electron chi connectivity index (χ3n) is 4.07. The molecule has 2 heterocycles. The van der Waals surface area contributed by atoms with Crippen LogP contribution in [0.3, 0.4) is 0 Å². The molecule has 2 amide bonds. The lowest BCUT2D eigenvalue weighted by Crippen LogP contribution is -2.33. The molecule has 0 unspecified atom stereocenters. The number of nitrogens with zero attached hydrogens (tertiary/aromatic N) is 2. The van der Waals surface area contributed by atoms with Crippen molar-refractivity contribution >= 4 is 29.5 Å². The van der Waals surface area contributed by atoms with Gasteiger partial charge < -0.3 is 5.11 Å². The van der Waals surface area contributed by atoms with E-state index in [-0.39, 0.29) is 34.9 Å². The summed E-state index contributed by atoms with van der Waals surface area (Å²) in [4.78, 5) is 41.7. The lowest BCUT2D eigenvalue weighted by Gasteiger charge is -2.23. The van der Waals surface area contributed by atoms with Crippen LogP contribution < -0.4 is 0 Å². The van der Waals surface area contributed by atoms with Gasteiger partial charge in [0, 0.05) is 12.6 Å². The van der Waals surface area contributed by atoms with Crippen LogP contribution in [0, 0.1) is 0 Å². The van der Waals surface area contributed by atoms with Gasteiger partial charge in [0.1, 0.15) is 5.03 Å². The number of imide groups is 1. The van der Waals surface area contributed by atoms with Crippen LogP contribution >= 0.6 is 11.8 Å². The number of thioether (sulfide) groups is 1. The van der Waals surface area contributed by atoms with Crippen LogP contribution in [0.1, 0.15) is 35.3 Å². The molecule has 1 aliphatic rings. The molecule has 1 aromatic heterocycles. The van der Waals surface area contributed by atoms with Gasteiger partial charge in [-0.15, -0.1) is 0 Å². The highest BCUT2D eigenvalue weighted by molar-refractivity contribution is 8.00. The van der Waals surface area contributed by atoms with Crippen LogP contribution in [0.25, 0.3) is 0 Å². The van der Waals surface area contributed by atoms with Crippen molar-refractivity contribution in [2.45, 2.75) is 29.7 Å². The van der Waals surface area contributed by atoms with Crippen molar-refractivity contribution < 1.29 is 19.5 Å². The molecule has 128 valence electrons. The fraction of sp³-hybridized carbons (Fsp3) is 0.222. The maximum atomic E-state index is 12.7. The van der Waals surface area contributed by atoms with Crippen molar-refractivity contribution in [2.24, 2.45) is 0 Å². The molecule has 1 aromatic carbocycles. The van der Waals surface area contributed by atoms with E-state index in [2.05, 4.69) is 4.98 Å². The quantitative estimate of drug-likeness (QED) is 0.829. The van der Waals surface area contributed by atoms with Gasteiger partial charge in [-0.2, -0.15) is 0 Å². The Morgan fingerprint density at radius 1 is 1.24 bits per heavy atom. The van der Waals surface area contributed by atoms with Gasteiger partial charge in [0.2, 0.25) is 11.8 Å². The number of benzene rings is 1. The van der Waals surface area contributed by atoms with Crippen LogP contribution in [-0.2, 0) is 9.59 Å². The molecule has 1 fully saturated rings. The zero-order valence-corrected chi connectivity index (χ0v) is 14.3. The van der Waals surface area contributed by atoms with Crippen LogP contribution in [0.15, 0.2) is 53.7 Å². The molecule has 1 aliphatic heterocycles. The molecule has 1 N–H and O–H groups in total. The highest BCUT2D eigenvalue weighted by atomic mass is 32.2. The van der Waals surface area contributed by atoms with E-state index in [1.54, 1.807) is 0 Å². The van der Waals surface area contributed by atoms with Crippen LogP contribution in [-0.4, -0.2) is 38.0 Å². The Labute approximate surface area is 148 Å².